The molecule has 103 valence electrons. The zero-order chi connectivity index (χ0) is 13.6. The smallest absolute Gasteiger partial charge is 0.127 e. The first kappa shape index (κ1) is 13.5. The van der Waals surface area contributed by atoms with Crippen molar-refractivity contribution < 1.29 is 4.74 Å². The predicted molar refractivity (Wildman–Crippen MR) is 84.2 cm³/mol. The maximum atomic E-state index is 5.80. The molecule has 0 spiro atoms. The van der Waals surface area contributed by atoms with E-state index in [2.05, 4.69) is 17.4 Å². The van der Waals surface area contributed by atoms with Gasteiger partial charge in [-0.15, -0.1) is 11.8 Å². The third kappa shape index (κ3) is 3.78. The van der Waals surface area contributed by atoms with Crippen LogP contribution >= 0.6 is 11.8 Å². The van der Waals surface area contributed by atoms with Gasteiger partial charge in [0.15, 0.2) is 0 Å². The largest absolute Gasteiger partial charge is 0.457 e. The molecule has 2 nitrogen and oxygen atoms in total. The number of ether oxygens (including phenoxy) is 1. The molecule has 0 unspecified atom stereocenters. The van der Waals surface area contributed by atoms with Gasteiger partial charge in [-0.1, -0.05) is 18.2 Å². The monoisotopic (exact) mass is 284 g/mol. The molecule has 1 radical (unpaired) electrons. The van der Waals surface area contributed by atoms with Crippen LogP contribution in [0.5, 0.6) is 11.5 Å². The maximum Gasteiger partial charge on any atom is 0.127 e. The maximum absolute atomic E-state index is 5.80. The van der Waals surface area contributed by atoms with Gasteiger partial charge in [0, 0.05) is 10.1 Å². The Bertz CT molecular complexity index is 520. The Kier molecular flexibility index (Phi) is 4.61. The van der Waals surface area contributed by atoms with Crippen LogP contribution in [0.1, 0.15) is 12.8 Å². The van der Waals surface area contributed by atoms with Gasteiger partial charge in [-0.3, -0.25) is 0 Å². The Balaban J connectivity index is 1.59. The van der Waals surface area contributed by atoms with E-state index in [1.165, 1.54) is 17.7 Å². The van der Waals surface area contributed by atoms with Crippen molar-refractivity contribution in [2.45, 2.75) is 17.7 Å². The van der Waals surface area contributed by atoms with E-state index in [-0.39, 0.29) is 0 Å². The van der Waals surface area contributed by atoms with E-state index in [9.17, 15) is 0 Å². The van der Waals surface area contributed by atoms with E-state index < -0.39 is 0 Å². The van der Waals surface area contributed by atoms with Crippen molar-refractivity contribution in [1.29, 1.82) is 0 Å². The topological polar surface area (TPSA) is 21.3 Å². The minimum absolute atomic E-state index is 0.876. The van der Waals surface area contributed by atoms with Gasteiger partial charge in [0.2, 0.25) is 0 Å². The lowest BCUT2D eigenvalue weighted by molar-refractivity contribution is 0.482. The minimum Gasteiger partial charge on any atom is -0.457 e. The van der Waals surface area contributed by atoms with E-state index in [1.807, 2.05) is 54.2 Å². The predicted octanol–water partition coefficient (Wildman–Crippen LogP) is 4.49. The van der Waals surface area contributed by atoms with E-state index in [1.54, 1.807) is 5.25 Å². The fraction of sp³-hybridized carbons (Fsp3) is 0.235. The Morgan fingerprint density at radius 2 is 1.45 bits per heavy atom. The number of piperidine rings is 1. The van der Waals surface area contributed by atoms with Crippen LogP contribution < -0.4 is 10.1 Å². The molecule has 1 saturated heterocycles. The second-order valence-electron chi connectivity index (χ2n) is 4.78. The minimum atomic E-state index is 0.876. The molecule has 2 aromatic rings. The average molecular weight is 284 g/mol. The number of para-hydroxylation sites is 1. The van der Waals surface area contributed by atoms with Crippen molar-refractivity contribution in [2.24, 2.45) is 0 Å². The van der Waals surface area contributed by atoms with Gasteiger partial charge in [0.1, 0.15) is 11.5 Å². The van der Waals surface area contributed by atoms with Gasteiger partial charge in [-0.2, -0.15) is 0 Å². The summed E-state index contributed by atoms with van der Waals surface area (Å²) in [4.78, 5) is 1.29. The standard InChI is InChI=1S/C17H18NOS/c1-2-4-14(5-3-1)19-15-6-8-16(9-7-15)20-17-10-12-18-13-11-17/h1-9,18H,10-13H2. The van der Waals surface area contributed by atoms with Gasteiger partial charge in [0.25, 0.3) is 0 Å². The molecule has 1 aliphatic rings. The average Bonchev–Trinajstić information content (AvgIpc) is 2.51. The molecule has 1 fully saturated rings. The van der Waals surface area contributed by atoms with Crippen LogP contribution in [0.15, 0.2) is 59.5 Å². The Hall–Kier alpha value is -1.45. The van der Waals surface area contributed by atoms with Crippen LogP contribution in [0.25, 0.3) is 0 Å². The van der Waals surface area contributed by atoms with Crippen LogP contribution in [0.2, 0.25) is 0 Å². The molecular formula is C17H18NOS. The Morgan fingerprint density at radius 1 is 0.800 bits per heavy atom. The van der Waals surface area contributed by atoms with Crippen LogP contribution in [0.3, 0.4) is 0 Å². The molecule has 0 saturated carbocycles. The third-order valence-corrected chi connectivity index (χ3v) is 4.43. The molecular weight excluding hydrogens is 266 g/mol. The highest BCUT2D eigenvalue weighted by Gasteiger charge is 2.14. The molecule has 3 rings (SSSR count). The van der Waals surface area contributed by atoms with Crippen LogP contribution in [-0.4, -0.2) is 13.1 Å². The number of hydrogen-bond donors (Lipinski definition) is 1. The molecule has 1 heterocycles. The first-order chi connectivity index (χ1) is 9.90. The highest BCUT2D eigenvalue weighted by molar-refractivity contribution is 8.02. The van der Waals surface area contributed by atoms with Crippen molar-refractivity contribution in [2.75, 3.05) is 13.1 Å². The van der Waals surface area contributed by atoms with Crippen molar-refractivity contribution >= 4 is 11.8 Å². The second kappa shape index (κ2) is 6.82. The molecule has 2 aromatic carbocycles. The van der Waals surface area contributed by atoms with E-state index in [0.717, 1.165) is 24.6 Å². The second-order valence-corrected chi connectivity index (χ2v) is 6.03. The Labute approximate surface area is 124 Å². The molecule has 3 heteroatoms. The van der Waals surface area contributed by atoms with Crippen molar-refractivity contribution in [3.63, 3.8) is 0 Å². The fourth-order valence-corrected chi connectivity index (χ4v) is 3.19. The molecule has 0 bridgehead atoms. The summed E-state index contributed by atoms with van der Waals surface area (Å²) < 4.78 is 5.80. The molecule has 0 atom stereocenters. The summed E-state index contributed by atoms with van der Waals surface area (Å²) in [5.41, 5.74) is 0. The number of hydrogen-bond acceptors (Lipinski definition) is 3. The summed E-state index contributed by atoms with van der Waals surface area (Å²) in [6, 6.07) is 18.2. The van der Waals surface area contributed by atoms with E-state index in [4.69, 9.17) is 4.74 Å². The summed E-state index contributed by atoms with van der Waals surface area (Å²) in [6.07, 6.45) is 2.35. The van der Waals surface area contributed by atoms with Gasteiger partial charge < -0.3 is 10.1 Å². The first-order valence-corrected chi connectivity index (χ1v) is 7.78. The lowest BCUT2D eigenvalue weighted by atomic mass is 10.2. The molecule has 0 aliphatic carbocycles. The number of nitrogens with one attached hydrogen (secondary N) is 1. The summed E-state index contributed by atoms with van der Waals surface area (Å²) in [7, 11) is 0. The number of thioether (sulfide) groups is 1. The lowest BCUT2D eigenvalue weighted by Crippen LogP contribution is -2.25. The number of benzene rings is 2. The Morgan fingerprint density at radius 3 is 2.15 bits per heavy atom. The summed E-state index contributed by atoms with van der Waals surface area (Å²) in [5.74, 6) is 1.76. The highest BCUT2D eigenvalue weighted by Crippen LogP contribution is 2.35. The summed E-state index contributed by atoms with van der Waals surface area (Å²) >= 11 is 1.90. The quantitative estimate of drug-likeness (QED) is 0.894. The third-order valence-electron chi connectivity index (χ3n) is 3.23. The SMILES string of the molecule is c1ccc(Oc2ccc(S[C]3CCNCC3)cc2)cc1. The lowest BCUT2D eigenvalue weighted by Gasteiger charge is -2.21. The molecule has 0 aromatic heterocycles. The summed E-state index contributed by atoms with van der Waals surface area (Å²) in [5, 5.41) is 4.95. The van der Waals surface area contributed by atoms with Crippen LogP contribution in [0, 0.1) is 5.25 Å². The van der Waals surface area contributed by atoms with Crippen LogP contribution in [-0.2, 0) is 0 Å². The van der Waals surface area contributed by atoms with E-state index >= 15 is 0 Å². The van der Waals surface area contributed by atoms with Gasteiger partial charge in [0.05, 0.1) is 0 Å². The molecule has 1 aliphatic heterocycles. The fourth-order valence-electron chi connectivity index (χ4n) is 2.17. The van der Waals surface area contributed by atoms with Gasteiger partial charge in [-0.05, 0) is 62.3 Å². The van der Waals surface area contributed by atoms with E-state index in [0.29, 0.717) is 0 Å². The normalized spacial score (nSPS) is 16.0. The highest BCUT2D eigenvalue weighted by atomic mass is 32.2. The first-order valence-electron chi connectivity index (χ1n) is 6.96. The zero-order valence-electron chi connectivity index (χ0n) is 11.3. The molecule has 1 N–H and O–H groups in total. The zero-order valence-corrected chi connectivity index (χ0v) is 12.2. The van der Waals surface area contributed by atoms with Gasteiger partial charge in [-0.25, -0.2) is 0 Å². The number of rotatable bonds is 4. The molecule has 20 heavy (non-hydrogen) atoms. The van der Waals surface area contributed by atoms with Crippen molar-refractivity contribution in [1.82, 2.24) is 5.32 Å². The summed E-state index contributed by atoms with van der Waals surface area (Å²) in [6.45, 7) is 2.22. The van der Waals surface area contributed by atoms with Gasteiger partial charge >= 0.3 is 0 Å². The van der Waals surface area contributed by atoms with Crippen molar-refractivity contribution in [3.8, 4) is 11.5 Å². The van der Waals surface area contributed by atoms with Crippen LogP contribution in [0.4, 0.5) is 0 Å². The van der Waals surface area contributed by atoms with Crippen molar-refractivity contribution in [3.05, 3.63) is 59.8 Å². The molecule has 0 amide bonds.